The van der Waals surface area contributed by atoms with Crippen molar-refractivity contribution in [1.82, 2.24) is 4.90 Å². The van der Waals surface area contributed by atoms with Gasteiger partial charge < -0.3 is 9.64 Å². The van der Waals surface area contributed by atoms with Crippen molar-refractivity contribution in [1.29, 1.82) is 0 Å². The Bertz CT molecular complexity index is 441. The Morgan fingerprint density at radius 1 is 1.59 bits per heavy atom. The number of amides is 1. The lowest BCUT2D eigenvalue weighted by molar-refractivity contribution is -0.161. The first kappa shape index (κ1) is 12.1. The smallest absolute Gasteiger partial charge is 0.397 e. The lowest BCUT2D eigenvalue weighted by atomic mass is 10.0. The van der Waals surface area contributed by atoms with Crippen LogP contribution >= 0.6 is 11.3 Å². The molecule has 0 aliphatic carbocycles. The summed E-state index contributed by atoms with van der Waals surface area (Å²) >= 11 is 1.71. The van der Waals surface area contributed by atoms with Crippen LogP contribution in [-0.4, -0.2) is 29.9 Å². The molecule has 17 heavy (non-hydrogen) atoms. The fourth-order valence-corrected chi connectivity index (χ4v) is 3.06. The zero-order chi connectivity index (χ0) is 12.4. The van der Waals surface area contributed by atoms with Crippen LogP contribution in [0.25, 0.3) is 0 Å². The molecule has 1 aromatic heterocycles. The molecule has 0 spiro atoms. The molecule has 1 amide bonds. The molecule has 1 aliphatic heterocycles. The zero-order valence-electron chi connectivity index (χ0n) is 9.93. The summed E-state index contributed by atoms with van der Waals surface area (Å²) in [6, 6.07) is 1.98. The lowest BCUT2D eigenvalue weighted by Gasteiger charge is -2.32. The fourth-order valence-electron chi connectivity index (χ4n) is 2.10. The van der Waals surface area contributed by atoms with Crippen LogP contribution in [-0.2, 0) is 20.7 Å². The average Bonchev–Trinajstić information content (AvgIpc) is 2.78. The quantitative estimate of drug-likeness (QED) is 0.566. The van der Waals surface area contributed by atoms with Crippen LogP contribution < -0.4 is 0 Å². The summed E-state index contributed by atoms with van der Waals surface area (Å²) < 4.78 is 4.75. The monoisotopic (exact) mass is 253 g/mol. The molecule has 1 aliphatic rings. The van der Waals surface area contributed by atoms with Crippen molar-refractivity contribution in [2.24, 2.45) is 0 Å². The van der Waals surface area contributed by atoms with Gasteiger partial charge in [-0.1, -0.05) is 0 Å². The van der Waals surface area contributed by atoms with Crippen LogP contribution in [0.15, 0.2) is 11.4 Å². The Labute approximate surface area is 104 Å². The van der Waals surface area contributed by atoms with Gasteiger partial charge in [0.15, 0.2) is 0 Å². The topological polar surface area (TPSA) is 46.6 Å². The minimum absolute atomic E-state index is 0.0399. The predicted molar refractivity (Wildman–Crippen MR) is 64.8 cm³/mol. The molecule has 1 aromatic rings. The molecule has 0 saturated carbocycles. The van der Waals surface area contributed by atoms with Gasteiger partial charge in [0.05, 0.1) is 12.6 Å². The van der Waals surface area contributed by atoms with Crippen LogP contribution in [0.5, 0.6) is 0 Å². The first-order valence-electron chi connectivity index (χ1n) is 5.69. The van der Waals surface area contributed by atoms with Gasteiger partial charge in [-0.2, -0.15) is 0 Å². The normalized spacial score (nSPS) is 18.7. The molecule has 0 radical (unpaired) electrons. The maximum Gasteiger partial charge on any atom is 0.397 e. The zero-order valence-corrected chi connectivity index (χ0v) is 10.8. The Morgan fingerprint density at radius 3 is 3.06 bits per heavy atom. The van der Waals surface area contributed by atoms with Gasteiger partial charge in [0.25, 0.3) is 0 Å². The first-order valence-corrected chi connectivity index (χ1v) is 6.57. The maximum atomic E-state index is 11.9. The van der Waals surface area contributed by atoms with Gasteiger partial charge in [0, 0.05) is 11.4 Å². The van der Waals surface area contributed by atoms with Crippen LogP contribution in [0.3, 0.4) is 0 Å². The second-order valence-corrected chi connectivity index (χ2v) is 4.94. The van der Waals surface area contributed by atoms with Gasteiger partial charge in [0.1, 0.15) is 0 Å². The minimum atomic E-state index is -0.752. The van der Waals surface area contributed by atoms with Crippen molar-refractivity contribution in [2.75, 3.05) is 13.2 Å². The first-order chi connectivity index (χ1) is 8.15. The number of carbonyl (C=O) groups is 2. The molecule has 1 atom stereocenters. The Morgan fingerprint density at radius 2 is 2.35 bits per heavy atom. The van der Waals surface area contributed by atoms with E-state index in [2.05, 4.69) is 0 Å². The van der Waals surface area contributed by atoms with Crippen LogP contribution in [0, 0.1) is 0 Å². The van der Waals surface area contributed by atoms with Gasteiger partial charge in [-0.15, -0.1) is 11.3 Å². The minimum Gasteiger partial charge on any atom is -0.459 e. The Hall–Kier alpha value is -1.36. The molecule has 0 fully saturated rings. The molecular weight excluding hydrogens is 238 g/mol. The number of fused-ring (bicyclic) bond motifs is 1. The van der Waals surface area contributed by atoms with Crippen molar-refractivity contribution < 1.29 is 14.3 Å². The summed E-state index contributed by atoms with van der Waals surface area (Å²) in [7, 11) is 0. The van der Waals surface area contributed by atoms with E-state index in [0.29, 0.717) is 6.54 Å². The average molecular weight is 253 g/mol. The second-order valence-electron chi connectivity index (χ2n) is 3.94. The van der Waals surface area contributed by atoms with E-state index in [1.165, 1.54) is 4.88 Å². The molecule has 5 heteroatoms. The molecule has 2 heterocycles. The summed E-state index contributed by atoms with van der Waals surface area (Å²) in [5, 5.41) is 2.03. The molecule has 0 N–H and O–H groups in total. The van der Waals surface area contributed by atoms with Crippen molar-refractivity contribution in [3.05, 3.63) is 21.9 Å². The van der Waals surface area contributed by atoms with Gasteiger partial charge in [-0.3, -0.25) is 4.79 Å². The molecule has 1 unspecified atom stereocenters. The third-order valence-electron chi connectivity index (χ3n) is 2.99. The van der Waals surface area contributed by atoms with E-state index < -0.39 is 11.9 Å². The summed E-state index contributed by atoms with van der Waals surface area (Å²) in [4.78, 5) is 26.2. The molecule has 2 rings (SSSR count). The summed E-state index contributed by atoms with van der Waals surface area (Å²) in [6.07, 6.45) is 0.822. The number of thiophene rings is 1. The molecule has 92 valence electrons. The molecular formula is C12H15NO3S. The van der Waals surface area contributed by atoms with Gasteiger partial charge in [-0.05, 0) is 37.3 Å². The van der Waals surface area contributed by atoms with E-state index in [0.717, 1.165) is 12.0 Å². The van der Waals surface area contributed by atoms with Gasteiger partial charge in [0.2, 0.25) is 0 Å². The number of hydrogen-bond donors (Lipinski definition) is 0. The number of carbonyl (C=O) groups excluding carboxylic acids is 2. The van der Waals surface area contributed by atoms with Gasteiger partial charge in [-0.25, -0.2) is 4.79 Å². The molecule has 0 saturated heterocycles. The highest BCUT2D eigenvalue weighted by atomic mass is 32.1. The highest BCUT2D eigenvalue weighted by Gasteiger charge is 2.32. The fraction of sp³-hybridized carbons (Fsp3) is 0.500. The van der Waals surface area contributed by atoms with E-state index in [4.69, 9.17) is 4.74 Å². The van der Waals surface area contributed by atoms with Crippen molar-refractivity contribution in [3.63, 3.8) is 0 Å². The lowest BCUT2D eigenvalue weighted by Crippen LogP contribution is -2.42. The molecule has 0 bridgehead atoms. The van der Waals surface area contributed by atoms with E-state index >= 15 is 0 Å². The van der Waals surface area contributed by atoms with Crippen LogP contribution in [0.1, 0.15) is 30.3 Å². The standard InChI is InChI=1S/C12H15NO3S/c1-3-16-12(15)11(14)13-6-4-10-9(8(13)2)5-7-17-10/h5,7-8H,3-4,6H2,1-2H3. The molecule has 4 nitrogen and oxygen atoms in total. The van der Waals surface area contributed by atoms with Crippen molar-refractivity contribution in [3.8, 4) is 0 Å². The van der Waals surface area contributed by atoms with Gasteiger partial charge >= 0.3 is 11.9 Å². The van der Waals surface area contributed by atoms with E-state index in [9.17, 15) is 9.59 Å². The summed E-state index contributed by atoms with van der Waals surface area (Å²) in [5.41, 5.74) is 1.15. The maximum absolute atomic E-state index is 11.9. The SMILES string of the molecule is CCOC(=O)C(=O)N1CCc2sccc2C1C. The Kier molecular flexibility index (Phi) is 3.47. The van der Waals surface area contributed by atoms with Crippen molar-refractivity contribution in [2.45, 2.75) is 26.3 Å². The number of ether oxygens (including phenoxy) is 1. The summed E-state index contributed by atoms with van der Waals surface area (Å²) in [5.74, 6) is -1.28. The predicted octanol–water partition coefficient (Wildman–Crippen LogP) is 1.76. The Balaban J connectivity index is 2.14. The third kappa shape index (κ3) is 2.20. The second kappa shape index (κ2) is 4.87. The third-order valence-corrected chi connectivity index (χ3v) is 3.98. The summed E-state index contributed by atoms with van der Waals surface area (Å²) in [6.45, 7) is 4.46. The largest absolute Gasteiger partial charge is 0.459 e. The highest BCUT2D eigenvalue weighted by Crippen LogP contribution is 2.32. The highest BCUT2D eigenvalue weighted by molar-refractivity contribution is 7.10. The van der Waals surface area contributed by atoms with E-state index in [-0.39, 0.29) is 12.6 Å². The van der Waals surface area contributed by atoms with E-state index in [1.807, 2.05) is 18.4 Å². The number of hydrogen-bond acceptors (Lipinski definition) is 4. The van der Waals surface area contributed by atoms with Crippen LogP contribution in [0.4, 0.5) is 0 Å². The number of esters is 1. The van der Waals surface area contributed by atoms with Crippen molar-refractivity contribution >= 4 is 23.2 Å². The number of rotatable bonds is 1. The molecule has 0 aromatic carbocycles. The van der Waals surface area contributed by atoms with E-state index in [1.54, 1.807) is 23.2 Å². The number of nitrogens with zero attached hydrogens (tertiary/aromatic N) is 1. The van der Waals surface area contributed by atoms with Crippen LogP contribution in [0.2, 0.25) is 0 Å².